The molecule has 0 aromatic carbocycles. The van der Waals surface area contributed by atoms with E-state index in [9.17, 15) is 0 Å². The summed E-state index contributed by atoms with van der Waals surface area (Å²) in [6, 6.07) is 4.04. The number of hydrogen-bond acceptors (Lipinski definition) is 4. The predicted octanol–water partition coefficient (Wildman–Crippen LogP) is 1.85. The number of fused-ring (bicyclic) bond motifs is 1. The van der Waals surface area contributed by atoms with Crippen LogP contribution in [-0.4, -0.2) is 34.2 Å². The summed E-state index contributed by atoms with van der Waals surface area (Å²) >= 11 is 0. The Labute approximate surface area is 114 Å². The van der Waals surface area contributed by atoms with E-state index in [1.165, 1.54) is 0 Å². The smallest absolute Gasteiger partial charge is 0.245 e. The lowest BCUT2D eigenvalue weighted by molar-refractivity contribution is 0.377. The highest BCUT2D eigenvalue weighted by Gasteiger charge is 2.22. The second-order valence-electron chi connectivity index (χ2n) is 5.75. The van der Waals surface area contributed by atoms with E-state index < -0.39 is 0 Å². The molecular weight excluding hydrogens is 238 g/mol. The van der Waals surface area contributed by atoms with E-state index in [1.807, 2.05) is 29.8 Å². The second kappa shape index (κ2) is 5.17. The zero-order chi connectivity index (χ0) is 14.0. The van der Waals surface area contributed by atoms with Crippen LogP contribution in [0.25, 0.3) is 5.65 Å². The van der Waals surface area contributed by atoms with Crippen LogP contribution >= 0.6 is 0 Å². The van der Waals surface area contributed by atoms with E-state index in [0.717, 1.165) is 30.2 Å². The number of nitrogens with zero attached hydrogens (tertiary/aromatic N) is 4. The first-order valence-electron chi connectivity index (χ1n) is 6.74. The van der Waals surface area contributed by atoms with Crippen molar-refractivity contribution in [2.24, 2.45) is 11.1 Å². The molecule has 2 aromatic heterocycles. The monoisotopic (exact) mass is 261 g/mol. The van der Waals surface area contributed by atoms with Gasteiger partial charge in [0.05, 0.1) is 0 Å². The van der Waals surface area contributed by atoms with Gasteiger partial charge in [0, 0.05) is 19.3 Å². The van der Waals surface area contributed by atoms with Crippen LogP contribution in [0.5, 0.6) is 0 Å². The highest BCUT2D eigenvalue weighted by Crippen LogP contribution is 2.20. The standard InChI is InChI=1S/C14H23N5/c1-5-18(10-14(3,4)9-15)13-16-12-11(2)7-6-8-19(12)17-13/h6-8H,5,9-10,15H2,1-4H3. The summed E-state index contributed by atoms with van der Waals surface area (Å²) in [5.41, 5.74) is 7.92. The molecule has 2 N–H and O–H groups in total. The molecule has 2 heterocycles. The summed E-state index contributed by atoms with van der Waals surface area (Å²) < 4.78 is 1.84. The number of aromatic nitrogens is 3. The Morgan fingerprint density at radius 2 is 2.16 bits per heavy atom. The number of anilines is 1. The van der Waals surface area contributed by atoms with Crippen molar-refractivity contribution in [1.29, 1.82) is 0 Å². The maximum Gasteiger partial charge on any atom is 0.245 e. The normalized spacial score (nSPS) is 12.1. The van der Waals surface area contributed by atoms with Gasteiger partial charge in [-0.05, 0) is 37.4 Å². The van der Waals surface area contributed by atoms with E-state index in [0.29, 0.717) is 6.54 Å². The minimum atomic E-state index is 0.0581. The molecule has 0 atom stereocenters. The van der Waals surface area contributed by atoms with Crippen molar-refractivity contribution >= 4 is 11.6 Å². The third-order valence-electron chi connectivity index (χ3n) is 3.38. The number of hydrogen-bond donors (Lipinski definition) is 1. The van der Waals surface area contributed by atoms with E-state index in [2.05, 4.69) is 35.8 Å². The molecule has 0 aliphatic heterocycles. The van der Waals surface area contributed by atoms with Crippen LogP contribution in [0.2, 0.25) is 0 Å². The molecule has 0 bridgehead atoms. The summed E-state index contributed by atoms with van der Waals surface area (Å²) in [4.78, 5) is 6.82. The van der Waals surface area contributed by atoms with Crippen molar-refractivity contribution in [3.63, 3.8) is 0 Å². The molecule has 0 aliphatic carbocycles. The van der Waals surface area contributed by atoms with E-state index in [1.54, 1.807) is 0 Å². The Kier molecular flexibility index (Phi) is 3.75. The van der Waals surface area contributed by atoms with Crippen LogP contribution in [0.4, 0.5) is 5.95 Å². The second-order valence-corrected chi connectivity index (χ2v) is 5.75. The van der Waals surface area contributed by atoms with Gasteiger partial charge < -0.3 is 10.6 Å². The molecule has 0 saturated carbocycles. The van der Waals surface area contributed by atoms with Gasteiger partial charge in [0.15, 0.2) is 5.65 Å². The SMILES string of the molecule is CCN(CC(C)(C)CN)c1nc2c(C)cccn2n1. The predicted molar refractivity (Wildman–Crippen MR) is 78.4 cm³/mol. The molecule has 19 heavy (non-hydrogen) atoms. The van der Waals surface area contributed by atoms with Gasteiger partial charge in [-0.3, -0.25) is 0 Å². The number of rotatable bonds is 5. The van der Waals surface area contributed by atoms with Crippen LogP contribution in [0, 0.1) is 12.3 Å². The quantitative estimate of drug-likeness (QED) is 0.892. The summed E-state index contributed by atoms with van der Waals surface area (Å²) in [6.07, 6.45) is 1.93. The zero-order valence-electron chi connectivity index (χ0n) is 12.2. The molecule has 0 radical (unpaired) electrons. The van der Waals surface area contributed by atoms with Crippen molar-refractivity contribution in [3.8, 4) is 0 Å². The molecule has 0 unspecified atom stereocenters. The Balaban J connectivity index is 2.33. The van der Waals surface area contributed by atoms with Crippen LogP contribution in [-0.2, 0) is 0 Å². The maximum atomic E-state index is 5.81. The van der Waals surface area contributed by atoms with Gasteiger partial charge in [-0.1, -0.05) is 19.9 Å². The van der Waals surface area contributed by atoms with Crippen molar-refractivity contribution in [1.82, 2.24) is 14.6 Å². The van der Waals surface area contributed by atoms with Gasteiger partial charge in [-0.15, -0.1) is 5.10 Å². The molecule has 0 amide bonds. The average Bonchev–Trinajstić information content (AvgIpc) is 2.81. The average molecular weight is 261 g/mol. The number of aryl methyl sites for hydroxylation is 1. The van der Waals surface area contributed by atoms with Crippen LogP contribution in [0.3, 0.4) is 0 Å². The molecule has 104 valence electrons. The minimum Gasteiger partial charge on any atom is -0.339 e. The van der Waals surface area contributed by atoms with E-state index in [-0.39, 0.29) is 5.41 Å². The zero-order valence-corrected chi connectivity index (χ0v) is 12.2. The van der Waals surface area contributed by atoms with Crippen molar-refractivity contribution in [2.45, 2.75) is 27.7 Å². The Morgan fingerprint density at radius 3 is 2.74 bits per heavy atom. The van der Waals surface area contributed by atoms with Gasteiger partial charge in [-0.25, -0.2) is 4.52 Å². The van der Waals surface area contributed by atoms with Crippen LogP contribution < -0.4 is 10.6 Å². The third kappa shape index (κ3) is 2.87. The molecular formula is C14H23N5. The fourth-order valence-corrected chi connectivity index (χ4v) is 2.07. The molecule has 5 nitrogen and oxygen atoms in total. The molecule has 2 rings (SSSR count). The third-order valence-corrected chi connectivity index (χ3v) is 3.38. The van der Waals surface area contributed by atoms with Gasteiger partial charge in [0.1, 0.15) is 0 Å². The first-order valence-corrected chi connectivity index (χ1v) is 6.74. The van der Waals surface area contributed by atoms with Gasteiger partial charge >= 0.3 is 0 Å². The highest BCUT2D eigenvalue weighted by atomic mass is 15.4. The highest BCUT2D eigenvalue weighted by molar-refractivity contribution is 5.50. The Hall–Kier alpha value is -1.62. The number of nitrogens with two attached hydrogens (primary N) is 1. The lowest BCUT2D eigenvalue weighted by Crippen LogP contribution is -2.39. The van der Waals surface area contributed by atoms with Crippen molar-refractivity contribution < 1.29 is 0 Å². The van der Waals surface area contributed by atoms with Gasteiger partial charge in [0.25, 0.3) is 0 Å². The van der Waals surface area contributed by atoms with Gasteiger partial charge in [0.2, 0.25) is 5.95 Å². The number of pyridine rings is 1. The fourth-order valence-electron chi connectivity index (χ4n) is 2.07. The molecule has 0 aliphatic rings. The van der Waals surface area contributed by atoms with Crippen molar-refractivity contribution in [3.05, 3.63) is 23.9 Å². The Morgan fingerprint density at radius 1 is 1.42 bits per heavy atom. The topological polar surface area (TPSA) is 59.5 Å². The molecule has 0 spiro atoms. The summed E-state index contributed by atoms with van der Waals surface area (Å²) in [6.45, 7) is 10.9. The van der Waals surface area contributed by atoms with E-state index in [4.69, 9.17) is 5.73 Å². The maximum absolute atomic E-state index is 5.81. The molecule has 0 fully saturated rings. The minimum absolute atomic E-state index is 0.0581. The molecule has 2 aromatic rings. The Bertz CT molecular complexity index is 558. The first kappa shape index (κ1) is 13.8. The van der Waals surface area contributed by atoms with Crippen LogP contribution in [0.15, 0.2) is 18.3 Å². The first-order chi connectivity index (χ1) is 8.96. The summed E-state index contributed by atoms with van der Waals surface area (Å²) in [7, 11) is 0. The molecule has 5 heteroatoms. The lowest BCUT2D eigenvalue weighted by Gasteiger charge is -2.30. The van der Waals surface area contributed by atoms with Crippen molar-refractivity contribution in [2.75, 3.05) is 24.5 Å². The lowest BCUT2D eigenvalue weighted by atomic mass is 9.93. The summed E-state index contributed by atoms with van der Waals surface area (Å²) in [5, 5.41) is 4.55. The van der Waals surface area contributed by atoms with E-state index >= 15 is 0 Å². The largest absolute Gasteiger partial charge is 0.339 e. The fraction of sp³-hybridized carbons (Fsp3) is 0.571. The molecule has 0 saturated heterocycles. The van der Waals surface area contributed by atoms with Crippen LogP contribution in [0.1, 0.15) is 26.3 Å². The van der Waals surface area contributed by atoms with Gasteiger partial charge in [-0.2, -0.15) is 4.98 Å². The summed E-state index contributed by atoms with van der Waals surface area (Å²) in [5.74, 6) is 0.776.